The summed E-state index contributed by atoms with van der Waals surface area (Å²) in [5, 5.41) is 1.16. The number of hydrogen-bond acceptors (Lipinski definition) is 2. The number of fused-ring (bicyclic) bond motifs is 2. The topological polar surface area (TPSA) is 42.3 Å². The molecule has 1 aliphatic rings. The second-order valence-corrected chi connectivity index (χ2v) is 6.25. The fourth-order valence-corrected chi connectivity index (χ4v) is 3.49. The van der Waals surface area contributed by atoms with Gasteiger partial charge in [0.2, 0.25) is 0 Å². The Balaban J connectivity index is 1.53. The average Bonchev–Trinajstić information content (AvgIpc) is 3.22. The summed E-state index contributed by atoms with van der Waals surface area (Å²) in [6, 6.07) is 24.6. The molecule has 2 heterocycles. The summed E-state index contributed by atoms with van der Waals surface area (Å²) in [5.41, 5.74) is 3.58. The average molecular weight is 338 g/mol. The van der Waals surface area contributed by atoms with Gasteiger partial charge in [-0.2, -0.15) is 0 Å². The van der Waals surface area contributed by atoms with Gasteiger partial charge in [-0.1, -0.05) is 30.3 Å². The minimum Gasteiger partial charge on any atom is -0.317 e. The van der Waals surface area contributed by atoms with Crippen LogP contribution >= 0.6 is 0 Å². The normalized spacial score (nSPS) is 13.5. The number of carbonyl (C=O) groups excluding carboxylic acids is 2. The highest BCUT2D eigenvalue weighted by Crippen LogP contribution is 2.29. The molecule has 2 amide bonds. The molecule has 0 spiro atoms. The molecule has 3 aromatic carbocycles. The van der Waals surface area contributed by atoms with Gasteiger partial charge in [0.05, 0.1) is 22.3 Å². The molecule has 0 bridgehead atoms. The second-order valence-electron chi connectivity index (χ2n) is 6.25. The summed E-state index contributed by atoms with van der Waals surface area (Å²) >= 11 is 0. The number of aromatic nitrogens is 1. The van der Waals surface area contributed by atoms with Crippen LogP contribution in [0.25, 0.3) is 16.6 Å². The lowest BCUT2D eigenvalue weighted by Gasteiger charge is -2.15. The Morgan fingerprint density at radius 1 is 0.577 bits per heavy atom. The highest BCUT2D eigenvalue weighted by Gasteiger charge is 2.36. The number of hydrogen-bond donors (Lipinski definition) is 0. The monoisotopic (exact) mass is 338 g/mol. The van der Waals surface area contributed by atoms with E-state index in [9.17, 15) is 9.59 Å². The van der Waals surface area contributed by atoms with Crippen molar-refractivity contribution >= 4 is 28.4 Å². The molecule has 1 aromatic heterocycles. The van der Waals surface area contributed by atoms with E-state index in [-0.39, 0.29) is 11.8 Å². The number of amides is 2. The van der Waals surface area contributed by atoms with Gasteiger partial charge in [-0.25, -0.2) is 4.90 Å². The molecule has 4 nitrogen and oxygen atoms in total. The standard InChI is InChI=1S/C22H14N2O2/c25-21-18-6-2-3-7-19(18)22(26)24(21)17-11-9-16(10-12-17)23-14-13-15-5-1-4-8-20(15)23/h1-14H. The summed E-state index contributed by atoms with van der Waals surface area (Å²) in [5.74, 6) is -0.547. The van der Waals surface area contributed by atoms with Gasteiger partial charge >= 0.3 is 0 Å². The van der Waals surface area contributed by atoms with E-state index in [4.69, 9.17) is 0 Å². The molecule has 1 aliphatic heterocycles. The van der Waals surface area contributed by atoms with Crippen molar-refractivity contribution in [3.8, 4) is 5.69 Å². The Hall–Kier alpha value is -3.66. The molecule has 4 aromatic rings. The van der Waals surface area contributed by atoms with Gasteiger partial charge < -0.3 is 4.57 Å². The zero-order chi connectivity index (χ0) is 17.7. The Morgan fingerprint density at radius 2 is 1.15 bits per heavy atom. The van der Waals surface area contributed by atoms with Gasteiger partial charge in [0.15, 0.2) is 0 Å². The van der Waals surface area contributed by atoms with Crippen LogP contribution in [0.3, 0.4) is 0 Å². The van der Waals surface area contributed by atoms with E-state index < -0.39 is 0 Å². The number of benzene rings is 3. The maximum Gasteiger partial charge on any atom is 0.266 e. The number of nitrogens with zero attached hydrogens (tertiary/aromatic N) is 2. The van der Waals surface area contributed by atoms with Crippen LogP contribution in [-0.2, 0) is 0 Å². The van der Waals surface area contributed by atoms with Crippen molar-refractivity contribution in [3.63, 3.8) is 0 Å². The molecule has 0 N–H and O–H groups in total. The zero-order valence-corrected chi connectivity index (χ0v) is 13.8. The smallest absolute Gasteiger partial charge is 0.266 e. The van der Waals surface area contributed by atoms with Crippen molar-refractivity contribution < 1.29 is 9.59 Å². The first-order valence-corrected chi connectivity index (χ1v) is 8.38. The molecule has 124 valence electrons. The minimum atomic E-state index is -0.273. The molecule has 0 saturated heterocycles. The SMILES string of the molecule is O=C1c2ccccc2C(=O)N1c1ccc(-n2ccc3ccccc32)cc1. The van der Waals surface area contributed by atoms with Crippen LogP contribution < -0.4 is 4.90 Å². The summed E-state index contributed by atoms with van der Waals surface area (Å²) in [4.78, 5) is 26.4. The van der Waals surface area contributed by atoms with Gasteiger partial charge in [-0.05, 0) is 53.9 Å². The number of para-hydroxylation sites is 1. The van der Waals surface area contributed by atoms with E-state index in [0.29, 0.717) is 16.8 Å². The van der Waals surface area contributed by atoms with Crippen LogP contribution in [0.1, 0.15) is 20.7 Å². The predicted octanol–water partition coefficient (Wildman–Crippen LogP) is 4.43. The Labute approximate surface area is 149 Å². The second kappa shape index (κ2) is 5.43. The highest BCUT2D eigenvalue weighted by molar-refractivity contribution is 6.34. The first kappa shape index (κ1) is 14.7. The number of carbonyl (C=O) groups is 2. The van der Waals surface area contributed by atoms with Crippen LogP contribution in [0.4, 0.5) is 5.69 Å². The van der Waals surface area contributed by atoms with Crippen molar-refractivity contribution in [2.24, 2.45) is 0 Å². The molecular weight excluding hydrogens is 324 g/mol. The van der Waals surface area contributed by atoms with Crippen LogP contribution in [0.2, 0.25) is 0 Å². The van der Waals surface area contributed by atoms with Crippen molar-refractivity contribution in [3.05, 3.63) is 96.2 Å². The quantitative estimate of drug-likeness (QED) is 0.507. The molecule has 5 rings (SSSR count). The lowest BCUT2D eigenvalue weighted by atomic mass is 10.1. The number of imide groups is 1. The summed E-state index contributed by atoms with van der Waals surface area (Å²) in [6.07, 6.45) is 2.02. The third kappa shape index (κ3) is 2.02. The van der Waals surface area contributed by atoms with Gasteiger partial charge in [0.25, 0.3) is 11.8 Å². The molecule has 26 heavy (non-hydrogen) atoms. The summed E-state index contributed by atoms with van der Waals surface area (Å²) in [6.45, 7) is 0. The van der Waals surface area contributed by atoms with Crippen LogP contribution in [0.5, 0.6) is 0 Å². The maximum absolute atomic E-state index is 12.6. The van der Waals surface area contributed by atoms with E-state index >= 15 is 0 Å². The number of rotatable bonds is 2. The van der Waals surface area contributed by atoms with Crippen LogP contribution in [0, 0.1) is 0 Å². The van der Waals surface area contributed by atoms with E-state index in [1.807, 2.05) is 42.6 Å². The Morgan fingerprint density at radius 3 is 1.85 bits per heavy atom. The maximum atomic E-state index is 12.6. The fourth-order valence-electron chi connectivity index (χ4n) is 3.49. The Bertz CT molecular complexity index is 1140. The lowest BCUT2D eigenvalue weighted by Crippen LogP contribution is -2.29. The van der Waals surface area contributed by atoms with Gasteiger partial charge in [0.1, 0.15) is 0 Å². The largest absolute Gasteiger partial charge is 0.317 e. The molecular formula is C22H14N2O2. The van der Waals surface area contributed by atoms with E-state index in [2.05, 4.69) is 22.8 Å². The molecule has 0 aliphatic carbocycles. The van der Waals surface area contributed by atoms with Crippen molar-refractivity contribution in [1.82, 2.24) is 4.57 Å². The summed E-state index contributed by atoms with van der Waals surface area (Å²) in [7, 11) is 0. The first-order valence-electron chi connectivity index (χ1n) is 8.38. The third-order valence-electron chi connectivity index (χ3n) is 4.78. The molecule has 0 unspecified atom stereocenters. The van der Waals surface area contributed by atoms with Gasteiger partial charge in [-0.15, -0.1) is 0 Å². The fraction of sp³-hybridized carbons (Fsp3) is 0. The molecule has 4 heteroatoms. The van der Waals surface area contributed by atoms with Gasteiger partial charge in [-0.3, -0.25) is 9.59 Å². The first-order chi connectivity index (χ1) is 12.7. The van der Waals surface area contributed by atoms with Crippen LogP contribution in [-0.4, -0.2) is 16.4 Å². The molecule has 0 radical (unpaired) electrons. The van der Waals surface area contributed by atoms with E-state index in [1.54, 1.807) is 24.3 Å². The van der Waals surface area contributed by atoms with Crippen molar-refractivity contribution in [2.75, 3.05) is 4.90 Å². The van der Waals surface area contributed by atoms with E-state index in [0.717, 1.165) is 16.6 Å². The highest BCUT2D eigenvalue weighted by atomic mass is 16.2. The molecule has 0 saturated carbocycles. The summed E-state index contributed by atoms with van der Waals surface area (Å²) < 4.78 is 2.08. The van der Waals surface area contributed by atoms with Crippen molar-refractivity contribution in [2.45, 2.75) is 0 Å². The zero-order valence-electron chi connectivity index (χ0n) is 13.8. The lowest BCUT2D eigenvalue weighted by molar-refractivity contribution is 0.0926. The van der Waals surface area contributed by atoms with Gasteiger partial charge in [0, 0.05) is 11.9 Å². The predicted molar refractivity (Wildman–Crippen MR) is 101 cm³/mol. The molecule has 0 atom stereocenters. The minimum absolute atomic E-state index is 0.273. The van der Waals surface area contributed by atoms with Crippen molar-refractivity contribution in [1.29, 1.82) is 0 Å². The van der Waals surface area contributed by atoms with Crippen LogP contribution in [0.15, 0.2) is 85.1 Å². The van der Waals surface area contributed by atoms with E-state index in [1.165, 1.54) is 4.90 Å². The Kier molecular flexibility index (Phi) is 3.06. The number of anilines is 1. The molecule has 0 fully saturated rings. The third-order valence-corrected chi connectivity index (χ3v) is 4.78.